The van der Waals surface area contributed by atoms with E-state index in [1.165, 1.54) is 0 Å². The molecule has 1 unspecified atom stereocenters. The smallest absolute Gasteiger partial charge is 0.408 e. The summed E-state index contributed by atoms with van der Waals surface area (Å²) in [6, 6.07) is 8.25. The minimum Gasteiger partial charge on any atom is -0.444 e. The molecule has 0 radical (unpaired) electrons. The minimum atomic E-state index is -1.24. The lowest BCUT2D eigenvalue weighted by Gasteiger charge is -2.23. The van der Waals surface area contributed by atoms with Gasteiger partial charge < -0.3 is 24.7 Å². The zero-order chi connectivity index (χ0) is 27.2. The Kier molecular flexibility index (Phi) is 9.36. The summed E-state index contributed by atoms with van der Waals surface area (Å²) in [6.45, 7) is 15.5. The molecule has 202 valence electrons. The van der Waals surface area contributed by atoms with Crippen LogP contribution in [0.4, 0.5) is 10.5 Å². The Bertz CT molecular complexity index is 1110. The van der Waals surface area contributed by atoms with Gasteiger partial charge in [0.15, 0.2) is 0 Å². The van der Waals surface area contributed by atoms with Gasteiger partial charge in [-0.2, -0.15) is 0 Å². The molecule has 8 nitrogen and oxygen atoms in total. The van der Waals surface area contributed by atoms with Crippen molar-refractivity contribution in [3.63, 3.8) is 0 Å². The van der Waals surface area contributed by atoms with Gasteiger partial charge in [0.25, 0.3) is 0 Å². The maximum atomic E-state index is 12.8. The fourth-order valence-electron chi connectivity index (χ4n) is 3.99. The number of imidazole rings is 1. The van der Waals surface area contributed by atoms with Crippen LogP contribution in [-0.4, -0.2) is 41.8 Å². The van der Waals surface area contributed by atoms with Crippen molar-refractivity contribution in [2.45, 2.75) is 84.6 Å². The van der Waals surface area contributed by atoms with Crippen LogP contribution < -0.4 is 10.6 Å². The van der Waals surface area contributed by atoms with Gasteiger partial charge in [-0.15, -0.1) is 0 Å². The van der Waals surface area contributed by atoms with Crippen LogP contribution >= 0.6 is 0 Å². The molecule has 37 heavy (non-hydrogen) atoms. The largest absolute Gasteiger partial charge is 0.444 e. The molecule has 0 saturated heterocycles. The molecule has 0 aliphatic carbocycles. The number of carbonyl (C=O) groups is 2. The number of anilines is 1. The van der Waals surface area contributed by atoms with E-state index < -0.39 is 25.8 Å². The predicted molar refractivity (Wildman–Crippen MR) is 150 cm³/mol. The van der Waals surface area contributed by atoms with E-state index in [0.29, 0.717) is 43.4 Å². The molecule has 0 saturated carbocycles. The van der Waals surface area contributed by atoms with Crippen molar-refractivity contribution in [3.05, 3.63) is 48.4 Å². The van der Waals surface area contributed by atoms with Gasteiger partial charge >= 0.3 is 6.09 Å². The molecule has 2 amide bonds. The number of benzene rings is 1. The Morgan fingerprint density at radius 3 is 2.68 bits per heavy atom. The zero-order valence-electron chi connectivity index (χ0n) is 23.3. The van der Waals surface area contributed by atoms with Gasteiger partial charge in [-0.3, -0.25) is 4.79 Å². The van der Waals surface area contributed by atoms with Crippen molar-refractivity contribution in [3.8, 4) is 11.3 Å². The van der Waals surface area contributed by atoms with Gasteiger partial charge in [-0.1, -0.05) is 56.9 Å². The fraction of sp³-hybridized carbons (Fsp3) is 0.536. The van der Waals surface area contributed by atoms with Crippen LogP contribution in [0, 0.1) is 5.92 Å². The highest BCUT2D eigenvalue weighted by Gasteiger charge is 2.25. The maximum Gasteiger partial charge on any atom is 0.408 e. The summed E-state index contributed by atoms with van der Waals surface area (Å²) in [7, 11) is -1.24. The third kappa shape index (κ3) is 9.16. The van der Waals surface area contributed by atoms with E-state index in [-0.39, 0.29) is 11.8 Å². The topological polar surface area (TPSA) is 94.5 Å². The third-order valence-corrected chi connectivity index (χ3v) is 7.56. The van der Waals surface area contributed by atoms with Crippen molar-refractivity contribution < 1.29 is 19.1 Å². The summed E-state index contributed by atoms with van der Waals surface area (Å²) in [6.07, 6.45) is 6.28. The summed E-state index contributed by atoms with van der Waals surface area (Å²) < 4.78 is 13.6. The zero-order valence-corrected chi connectivity index (χ0v) is 24.3. The lowest BCUT2D eigenvalue weighted by molar-refractivity contribution is -0.116. The lowest BCUT2D eigenvalue weighted by atomic mass is 10.0. The molecule has 2 N–H and O–H groups in total. The molecule has 2 heterocycles. The first-order valence-corrected chi connectivity index (χ1v) is 16.7. The van der Waals surface area contributed by atoms with E-state index in [4.69, 9.17) is 14.5 Å². The summed E-state index contributed by atoms with van der Waals surface area (Å²) >= 11 is 0. The second-order valence-corrected chi connectivity index (χ2v) is 17.6. The number of allylic oxidation sites excluding steroid dienone is 1. The van der Waals surface area contributed by atoms with Crippen molar-refractivity contribution in [1.82, 2.24) is 14.9 Å². The maximum absolute atomic E-state index is 12.8. The molecule has 2 atom stereocenters. The number of rotatable bonds is 6. The molecule has 0 fully saturated rings. The molecule has 0 spiro atoms. The van der Waals surface area contributed by atoms with Crippen molar-refractivity contribution >= 4 is 25.8 Å². The summed E-state index contributed by atoms with van der Waals surface area (Å²) in [5.74, 6) is 0.655. The Hall–Kier alpha value is -2.91. The first kappa shape index (κ1) is 28.7. The first-order chi connectivity index (χ1) is 17.3. The van der Waals surface area contributed by atoms with Gasteiger partial charge in [0, 0.05) is 32.9 Å². The van der Waals surface area contributed by atoms with Crippen molar-refractivity contribution in [2.24, 2.45) is 5.92 Å². The molecule has 1 aliphatic rings. The van der Waals surface area contributed by atoms with Crippen LogP contribution in [0.2, 0.25) is 25.7 Å². The van der Waals surface area contributed by atoms with Gasteiger partial charge in [0.2, 0.25) is 5.91 Å². The Labute approximate surface area is 221 Å². The number of hydrogen-bond donors (Lipinski definition) is 2. The normalized spacial score (nSPS) is 18.6. The van der Waals surface area contributed by atoms with Crippen LogP contribution in [0.3, 0.4) is 0 Å². The third-order valence-electron chi connectivity index (χ3n) is 5.86. The number of nitrogens with zero attached hydrogens (tertiary/aromatic N) is 2. The van der Waals surface area contributed by atoms with Crippen LogP contribution in [0.15, 0.2) is 42.6 Å². The van der Waals surface area contributed by atoms with Crippen LogP contribution in [0.5, 0.6) is 0 Å². The number of ether oxygens (including phenoxy) is 2. The van der Waals surface area contributed by atoms with Crippen molar-refractivity contribution in [1.29, 1.82) is 0 Å². The van der Waals surface area contributed by atoms with Gasteiger partial charge in [-0.25, -0.2) is 9.78 Å². The quantitative estimate of drug-likeness (QED) is 0.260. The molecular weight excluding hydrogens is 484 g/mol. The van der Waals surface area contributed by atoms with Gasteiger partial charge in [0.1, 0.15) is 18.2 Å². The number of alkyl carbamates (subject to hydrolysis) is 1. The molecule has 1 aromatic carbocycles. The SMILES string of the molecule is CC1C=CC[C@H](NC(=O)OC(C)(C)C)c2nc(cn2COCC[Si](C)(C)C)-c2ccccc2NC(=O)C1. The average Bonchev–Trinajstić information content (AvgIpc) is 3.18. The van der Waals surface area contributed by atoms with E-state index in [9.17, 15) is 9.59 Å². The highest BCUT2D eigenvalue weighted by Crippen LogP contribution is 2.30. The molecular formula is C28H42N4O4Si. The number of amides is 2. The lowest BCUT2D eigenvalue weighted by Crippen LogP contribution is -2.36. The van der Waals surface area contributed by atoms with Crippen molar-refractivity contribution in [2.75, 3.05) is 11.9 Å². The number of hydrogen-bond acceptors (Lipinski definition) is 5. The van der Waals surface area contributed by atoms with Gasteiger partial charge in [-0.05, 0) is 45.2 Å². The first-order valence-electron chi connectivity index (χ1n) is 13.0. The monoisotopic (exact) mass is 526 g/mol. The van der Waals surface area contributed by atoms with E-state index in [1.54, 1.807) is 0 Å². The molecule has 2 aromatic rings. The second kappa shape index (κ2) is 12.1. The number of nitrogens with one attached hydrogen (secondary N) is 2. The van der Waals surface area contributed by atoms with Crippen LogP contribution in [-0.2, 0) is 21.0 Å². The molecule has 9 heteroatoms. The number of fused-ring (bicyclic) bond motifs is 4. The summed E-state index contributed by atoms with van der Waals surface area (Å²) in [5.41, 5.74) is 1.60. The Morgan fingerprint density at radius 1 is 1.24 bits per heavy atom. The highest BCUT2D eigenvalue weighted by molar-refractivity contribution is 6.76. The van der Waals surface area contributed by atoms with Crippen LogP contribution in [0.25, 0.3) is 11.3 Å². The Morgan fingerprint density at radius 2 is 1.97 bits per heavy atom. The summed E-state index contributed by atoms with van der Waals surface area (Å²) in [4.78, 5) is 30.5. The molecule has 2 bridgehead atoms. The van der Waals surface area contributed by atoms with E-state index >= 15 is 0 Å². The standard InChI is InChI=1S/C28H42N4O4Si/c1-20-11-10-14-23(31-27(34)36-28(2,3)4)26-30-24(18-32(26)19-35-15-16-37(5,6)7)21-12-8-9-13-22(21)29-25(33)17-20/h8-13,18,20,23H,14-17,19H2,1-7H3,(H,29,33)(H,31,34)/t20?,23-/m0/s1. The fourth-order valence-corrected chi connectivity index (χ4v) is 4.74. The summed E-state index contributed by atoms with van der Waals surface area (Å²) in [5, 5.41) is 6.06. The number of para-hydroxylation sites is 1. The van der Waals surface area contributed by atoms with E-state index in [0.717, 1.165) is 11.6 Å². The van der Waals surface area contributed by atoms with E-state index in [1.807, 2.05) is 74.9 Å². The molecule has 1 aliphatic heterocycles. The molecule has 3 rings (SSSR count). The number of carbonyl (C=O) groups excluding carboxylic acids is 2. The highest BCUT2D eigenvalue weighted by atomic mass is 28.3. The second-order valence-electron chi connectivity index (χ2n) is 11.9. The Balaban J connectivity index is 2.02. The average molecular weight is 527 g/mol. The predicted octanol–water partition coefficient (Wildman–Crippen LogP) is 6.35. The molecule has 1 aromatic heterocycles. The van der Waals surface area contributed by atoms with Gasteiger partial charge in [0.05, 0.1) is 17.4 Å². The van der Waals surface area contributed by atoms with Crippen LogP contribution in [0.1, 0.15) is 52.4 Å². The van der Waals surface area contributed by atoms with E-state index in [2.05, 4.69) is 30.3 Å². The number of aromatic nitrogens is 2. The minimum absolute atomic E-state index is 0.0365.